The van der Waals surface area contributed by atoms with Crippen molar-refractivity contribution in [2.45, 2.75) is 84.1 Å². The molecular formula is C35H44O15. The third-order valence-corrected chi connectivity index (χ3v) is 8.05. The van der Waals surface area contributed by atoms with Crippen molar-refractivity contribution in [1.82, 2.24) is 0 Å². The molecule has 50 heavy (non-hydrogen) atoms. The number of hydrogen-bond donors (Lipinski definition) is 0. The van der Waals surface area contributed by atoms with E-state index in [4.69, 9.17) is 71.1 Å². The SMILES string of the molecule is CCOC1CC1OCOc1cc2cc3cc(OCOC4OC4OCC)c(OCOC4OC4OCC)cc3cc2cc1OCOC1OC1OCC. The molecule has 0 amide bonds. The molecule has 1 aliphatic carbocycles. The van der Waals surface area contributed by atoms with Crippen molar-refractivity contribution in [3.8, 4) is 23.0 Å². The van der Waals surface area contributed by atoms with Gasteiger partial charge in [-0.1, -0.05) is 0 Å². The molecule has 8 unspecified atom stereocenters. The van der Waals surface area contributed by atoms with Crippen molar-refractivity contribution < 1.29 is 71.1 Å². The summed E-state index contributed by atoms with van der Waals surface area (Å²) in [5.41, 5.74) is 0. The van der Waals surface area contributed by atoms with Crippen LogP contribution in [0.5, 0.6) is 23.0 Å². The van der Waals surface area contributed by atoms with Gasteiger partial charge in [0.1, 0.15) is 0 Å². The summed E-state index contributed by atoms with van der Waals surface area (Å²) in [6, 6.07) is 11.6. The highest BCUT2D eigenvalue weighted by Gasteiger charge is 2.43. The molecule has 4 fully saturated rings. The van der Waals surface area contributed by atoms with Gasteiger partial charge >= 0.3 is 0 Å². The number of hydrogen-bond acceptors (Lipinski definition) is 15. The standard InChI is InChI=1S/C35H44O15/c1-5-36-28-15-29(28)41-16-40-24-11-20-9-22-13-26(43-18-46-34-31(49-34)38-7-3)27(44-19-47-35-32(50-35)39-8-4)14-23(22)10-21(20)12-25(24)42-17-45-33-30(48-33)37-6-2/h9-14,28-35H,5-8,15-19H2,1-4H3. The number of ether oxygens (including phenoxy) is 15. The Kier molecular flexibility index (Phi) is 11.7. The van der Waals surface area contributed by atoms with Gasteiger partial charge in [0.15, 0.2) is 50.2 Å². The Morgan fingerprint density at radius 2 is 0.700 bits per heavy atom. The molecule has 8 atom stereocenters. The fraction of sp³-hybridized carbons (Fsp3) is 0.600. The Hall–Kier alpha value is -3.06. The predicted octanol–water partition coefficient (Wildman–Crippen LogP) is 4.74. The van der Waals surface area contributed by atoms with Gasteiger partial charge in [-0.15, -0.1) is 0 Å². The molecule has 15 nitrogen and oxygen atoms in total. The molecule has 3 aliphatic heterocycles. The van der Waals surface area contributed by atoms with Crippen molar-refractivity contribution in [3.05, 3.63) is 36.4 Å². The summed E-state index contributed by atoms with van der Waals surface area (Å²) >= 11 is 0. The lowest BCUT2D eigenvalue weighted by Gasteiger charge is -2.16. The Bertz CT molecular complexity index is 1350. The second-order valence-electron chi connectivity index (χ2n) is 11.6. The van der Waals surface area contributed by atoms with Gasteiger partial charge in [-0.3, -0.25) is 0 Å². The van der Waals surface area contributed by atoms with Crippen LogP contribution < -0.4 is 18.9 Å². The molecule has 0 spiro atoms. The number of rotatable bonds is 24. The maximum absolute atomic E-state index is 6.08. The molecular weight excluding hydrogens is 660 g/mol. The molecule has 1 saturated carbocycles. The van der Waals surface area contributed by atoms with Crippen molar-refractivity contribution in [1.29, 1.82) is 0 Å². The highest BCUT2D eigenvalue weighted by atomic mass is 16.9. The zero-order chi connectivity index (χ0) is 34.5. The normalized spacial score (nSPS) is 27.8. The number of fused-ring (bicyclic) bond motifs is 2. The van der Waals surface area contributed by atoms with Gasteiger partial charge < -0.3 is 71.1 Å². The first-order valence-corrected chi connectivity index (χ1v) is 17.0. The second-order valence-corrected chi connectivity index (χ2v) is 11.6. The van der Waals surface area contributed by atoms with Crippen LogP contribution in [0, 0.1) is 0 Å². The molecule has 0 aromatic heterocycles. The summed E-state index contributed by atoms with van der Waals surface area (Å²) in [6.07, 6.45) is -1.64. The molecule has 4 aliphatic rings. The molecule has 0 radical (unpaired) electrons. The van der Waals surface area contributed by atoms with Gasteiger partial charge in [0, 0.05) is 32.8 Å². The van der Waals surface area contributed by atoms with Gasteiger partial charge in [0.05, 0.1) is 12.2 Å². The van der Waals surface area contributed by atoms with Crippen molar-refractivity contribution >= 4 is 21.5 Å². The van der Waals surface area contributed by atoms with Gasteiger partial charge in [0.2, 0.25) is 37.7 Å². The molecule has 15 heteroatoms. The molecule has 3 aromatic carbocycles. The van der Waals surface area contributed by atoms with E-state index >= 15 is 0 Å². The second kappa shape index (κ2) is 16.5. The topological polar surface area (TPSA) is 148 Å². The van der Waals surface area contributed by atoms with E-state index in [1.54, 1.807) is 0 Å². The highest BCUT2D eigenvalue weighted by Crippen LogP contribution is 2.39. The summed E-state index contributed by atoms with van der Waals surface area (Å²) in [6.45, 7) is 9.69. The minimum Gasteiger partial charge on any atom is -0.464 e. The summed E-state index contributed by atoms with van der Waals surface area (Å²) in [5.74, 6) is 1.88. The van der Waals surface area contributed by atoms with Gasteiger partial charge in [-0.05, 0) is 85.6 Å². The molecule has 3 heterocycles. The van der Waals surface area contributed by atoms with Gasteiger partial charge in [0.25, 0.3) is 0 Å². The average molecular weight is 705 g/mol. The lowest BCUT2D eigenvalue weighted by atomic mass is 10.0. The number of epoxide rings is 3. The lowest BCUT2D eigenvalue weighted by molar-refractivity contribution is -0.0480. The summed E-state index contributed by atoms with van der Waals surface area (Å²) in [7, 11) is 0. The van der Waals surface area contributed by atoms with Crippen molar-refractivity contribution in [2.75, 3.05) is 53.6 Å². The summed E-state index contributed by atoms with van der Waals surface area (Å²) in [5, 5.41) is 3.58. The van der Waals surface area contributed by atoms with Gasteiger partial charge in [-0.25, -0.2) is 0 Å². The number of benzene rings is 3. The van der Waals surface area contributed by atoms with Crippen LogP contribution in [0.4, 0.5) is 0 Å². The van der Waals surface area contributed by atoms with E-state index in [0.29, 0.717) is 49.4 Å². The Labute approximate surface area is 289 Å². The Morgan fingerprint density at radius 3 is 1.04 bits per heavy atom. The van der Waals surface area contributed by atoms with Crippen LogP contribution in [0.1, 0.15) is 34.1 Å². The smallest absolute Gasteiger partial charge is 0.215 e. The minimum atomic E-state index is -0.481. The molecule has 3 saturated heterocycles. The third kappa shape index (κ3) is 9.23. The lowest BCUT2D eigenvalue weighted by Crippen LogP contribution is -2.12. The molecule has 0 N–H and O–H groups in total. The van der Waals surface area contributed by atoms with E-state index < -0.39 is 25.2 Å². The maximum atomic E-state index is 6.08. The van der Waals surface area contributed by atoms with E-state index in [1.165, 1.54) is 0 Å². The largest absolute Gasteiger partial charge is 0.464 e. The minimum absolute atomic E-state index is 0.0122. The zero-order valence-electron chi connectivity index (χ0n) is 28.6. The first-order valence-electron chi connectivity index (χ1n) is 17.0. The molecule has 0 bridgehead atoms. The van der Waals surface area contributed by atoms with Crippen molar-refractivity contribution in [3.63, 3.8) is 0 Å². The van der Waals surface area contributed by atoms with Crippen LogP contribution in [0.15, 0.2) is 36.4 Å². The third-order valence-electron chi connectivity index (χ3n) is 8.05. The van der Waals surface area contributed by atoms with Gasteiger partial charge in [-0.2, -0.15) is 0 Å². The average Bonchev–Trinajstić information content (AvgIpc) is 3.92. The van der Waals surface area contributed by atoms with E-state index in [1.807, 2.05) is 64.1 Å². The Balaban J connectivity index is 1.08. The monoisotopic (exact) mass is 704 g/mol. The Morgan fingerprint density at radius 1 is 0.400 bits per heavy atom. The molecule has 274 valence electrons. The van der Waals surface area contributed by atoms with E-state index in [0.717, 1.165) is 28.0 Å². The molecule has 7 rings (SSSR count). The van der Waals surface area contributed by atoms with E-state index in [9.17, 15) is 0 Å². The predicted molar refractivity (Wildman–Crippen MR) is 172 cm³/mol. The maximum Gasteiger partial charge on any atom is 0.215 e. The molecule has 3 aromatic rings. The van der Waals surface area contributed by atoms with E-state index in [2.05, 4.69) is 0 Å². The quantitative estimate of drug-likeness (QED) is 0.0718. The van der Waals surface area contributed by atoms with Crippen LogP contribution in [-0.4, -0.2) is 104 Å². The van der Waals surface area contributed by atoms with Crippen LogP contribution in [0.2, 0.25) is 0 Å². The first-order chi connectivity index (χ1) is 24.6. The van der Waals surface area contributed by atoms with Crippen LogP contribution in [0.3, 0.4) is 0 Å². The highest BCUT2D eigenvalue weighted by molar-refractivity contribution is 6.00. The fourth-order valence-corrected chi connectivity index (χ4v) is 5.32. The van der Waals surface area contributed by atoms with Crippen LogP contribution in [0.25, 0.3) is 21.5 Å². The van der Waals surface area contributed by atoms with Crippen LogP contribution >= 0.6 is 0 Å². The summed E-state index contributed by atoms with van der Waals surface area (Å²) < 4.78 is 84.9. The van der Waals surface area contributed by atoms with Crippen molar-refractivity contribution in [2.24, 2.45) is 0 Å². The summed E-state index contributed by atoms with van der Waals surface area (Å²) in [4.78, 5) is 0. The fourth-order valence-electron chi connectivity index (χ4n) is 5.32. The van der Waals surface area contributed by atoms with Crippen LogP contribution in [-0.2, 0) is 52.1 Å². The first kappa shape index (κ1) is 35.3. The zero-order valence-corrected chi connectivity index (χ0v) is 28.6. The van der Waals surface area contributed by atoms with E-state index in [-0.39, 0.29) is 52.0 Å².